The van der Waals surface area contributed by atoms with Crippen molar-refractivity contribution in [3.05, 3.63) is 0 Å². The number of rotatable bonds is 4. The fraction of sp³-hybridized carbons (Fsp3) is 0.800. The topological polar surface area (TPSA) is 76.7 Å². The number of nitrogens with zero attached hydrogens (tertiary/aromatic N) is 1. The van der Waals surface area contributed by atoms with E-state index in [1.54, 1.807) is 0 Å². The number of hydrogen-bond acceptors (Lipinski definition) is 3. The van der Waals surface area contributed by atoms with Gasteiger partial charge in [0.1, 0.15) is 0 Å². The zero-order valence-corrected chi connectivity index (χ0v) is 10.1. The number of carbonyl (C=O) groups excluding carboxylic acids is 1. The third-order valence-electron chi connectivity index (χ3n) is 1.79. The standard InChI is InChI=1S/C10H21N3O2/c1-6(2)8(9(14)15-5)13-10(11)12-7(3)4/h6-8H,1-5H3,(H3,11,12,13). The Morgan fingerprint density at radius 2 is 1.87 bits per heavy atom. The molecule has 1 atom stereocenters. The van der Waals surface area contributed by atoms with E-state index in [-0.39, 0.29) is 23.9 Å². The number of guanidine groups is 1. The van der Waals surface area contributed by atoms with E-state index in [4.69, 9.17) is 5.73 Å². The van der Waals surface area contributed by atoms with Crippen LogP contribution in [0.5, 0.6) is 0 Å². The first-order valence-electron chi connectivity index (χ1n) is 5.06. The number of carbonyl (C=O) groups is 1. The Bertz CT molecular complexity index is 237. The average molecular weight is 215 g/mol. The molecule has 5 heteroatoms. The molecule has 0 aromatic rings. The van der Waals surface area contributed by atoms with E-state index in [1.165, 1.54) is 7.11 Å². The molecular weight excluding hydrogens is 194 g/mol. The molecule has 0 aromatic carbocycles. The van der Waals surface area contributed by atoms with Gasteiger partial charge in [0.25, 0.3) is 0 Å². The second-order valence-corrected chi connectivity index (χ2v) is 4.03. The van der Waals surface area contributed by atoms with Gasteiger partial charge >= 0.3 is 5.97 Å². The van der Waals surface area contributed by atoms with Gasteiger partial charge in [-0.15, -0.1) is 0 Å². The molecule has 0 aliphatic carbocycles. The molecule has 88 valence electrons. The maximum Gasteiger partial charge on any atom is 0.330 e. The first-order valence-corrected chi connectivity index (χ1v) is 5.06. The number of hydrogen-bond donors (Lipinski definition) is 2. The molecule has 0 radical (unpaired) electrons. The number of nitrogens with two attached hydrogens (primary N) is 1. The van der Waals surface area contributed by atoms with Gasteiger partial charge in [-0.1, -0.05) is 13.8 Å². The van der Waals surface area contributed by atoms with Crippen LogP contribution in [0, 0.1) is 5.92 Å². The number of ether oxygens (including phenoxy) is 1. The van der Waals surface area contributed by atoms with Crippen molar-refractivity contribution in [3.63, 3.8) is 0 Å². The van der Waals surface area contributed by atoms with Gasteiger partial charge in [-0.3, -0.25) is 0 Å². The maximum atomic E-state index is 11.4. The van der Waals surface area contributed by atoms with Crippen LogP contribution in [0.3, 0.4) is 0 Å². The van der Waals surface area contributed by atoms with Gasteiger partial charge in [0.05, 0.1) is 7.11 Å². The smallest absolute Gasteiger partial charge is 0.330 e. The normalized spacial score (nSPS) is 14.2. The van der Waals surface area contributed by atoms with Gasteiger partial charge in [-0.05, 0) is 19.8 Å². The van der Waals surface area contributed by atoms with E-state index < -0.39 is 6.04 Å². The molecule has 0 bridgehead atoms. The summed E-state index contributed by atoms with van der Waals surface area (Å²) in [6.07, 6.45) is 0. The third-order valence-corrected chi connectivity index (χ3v) is 1.79. The Labute approximate surface area is 91.1 Å². The number of aliphatic imine (C=N–C) groups is 1. The SMILES string of the molecule is COC(=O)C(N=C(N)NC(C)C)C(C)C. The second-order valence-electron chi connectivity index (χ2n) is 4.03. The predicted molar refractivity (Wildman–Crippen MR) is 60.5 cm³/mol. The lowest BCUT2D eigenvalue weighted by molar-refractivity contribution is -0.143. The van der Waals surface area contributed by atoms with E-state index >= 15 is 0 Å². The van der Waals surface area contributed by atoms with Gasteiger partial charge in [0.2, 0.25) is 0 Å². The van der Waals surface area contributed by atoms with Crippen molar-refractivity contribution in [1.82, 2.24) is 5.32 Å². The van der Waals surface area contributed by atoms with Gasteiger partial charge in [-0.2, -0.15) is 0 Å². The molecule has 0 aliphatic heterocycles. The zero-order chi connectivity index (χ0) is 12.0. The summed E-state index contributed by atoms with van der Waals surface area (Å²) >= 11 is 0. The summed E-state index contributed by atoms with van der Waals surface area (Å²) < 4.78 is 4.65. The number of nitrogens with one attached hydrogen (secondary N) is 1. The quantitative estimate of drug-likeness (QED) is 0.406. The van der Waals surface area contributed by atoms with Crippen molar-refractivity contribution in [2.45, 2.75) is 39.8 Å². The molecule has 0 fully saturated rings. The maximum absolute atomic E-state index is 11.4. The molecule has 0 aromatic heterocycles. The van der Waals surface area contributed by atoms with Crippen molar-refractivity contribution < 1.29 is 9.53 Å². The molecular formula is C10H21N3O2. The molecule has 0 aliphatic rings. The Kier molecular flexibility index (Phi) is 5.74. The first kappa shape index (κ1) is 13.7. The minimum Gasteiger partial charge on any atom is -0.467 e. The molecule has 0 saturated heterocycles. The summed E-state index contributed by atoms with van der Waals surface area (Å²) in [5, 5.41) is 2.93. The molecule has 3 N–H and O–H groups in total. The molecule has 5 nitrogen and oxygen atoms in total. The van der Waals surface area contributed by atoms with E-state index in [9.17, 15) is 4.79 Å². The summed E-state index contributed by atoms with van der Waals surface area (Å²) in [7, 11) is 1.35. The highest BCUT2D eigenvalue weighted by Crippen LogP contribution is 2.07. The van der Waals surface area contributed by atoms with Crippen molar-refractivity contribution in [2.75, 3.05) is 7.11 Å². The lowest BCUT2D eigenvalue weighted by Crippen LogP contribution is -2.39. The van der Waals surface area contributed by atoms with Gasteiger partial charge in [0, 0.05) is 6.04 Å². The van der Waals surface area contributed by atoms with Crippen LogP contribution in [0.2, 0.25) is 0 Å². The van der Waals surface area contributed by atoms with E-state index in [1.807, 2.05) is 27.7 Å². The molecule has 1 unspecified atom stereocenters. The first-order chi connectivity index (χ1) is 6.88. The number of esters is 1. The molecule has 0 saturated carbocycles. The van der Waals surface area contributed by atoms with E-state index in [0.717, 1.165) is 0 Å². The zero-order valence-electron chi connectivity index (χ0n) is 10.1. The Morgan fingerprint density at radius 3 is 2.20 bits per heavy atom. The summed E-state index contributed by atoms with van der Waals surface area (Å²) in [5.74, 6) is -0.0300. The molecule has 0 spiro atoms. The fourth-order valence-electron chi connectivity index (χ4n) is 1.08. The summed E-state index contributed by atoms with van der Waals surface area (Å²) in [6.45, 7) is 7.69. The highest BCUT2D eigenvalue weighted by atomic mass is 16.5. The van der Waals surface area contributed by atoms with Crippen LogP contribution in [-0.2, 0) is 9.53 Å². The Balaban J connectivity index is 4.58. The lowest BCUT2D eigenvalue weighted by Gasteiger charge is -2.16. The highest BCUT2D eigenvalue weighted by Gasteiger charge is 2.22. The Hall–Kier alpha value is -1.26. The van der Waals surface area contributed by atoms with Crippen LogP contribution in [0.1, 0.15) is 27.7 Å². The lowest BCUT2D eigenvalue weighted by atomic mass is 10.1. The van der Waals surface area contributed by atoms with Crippen molar-refractivity contribution >= 4 is 11.9 Å². The minimum atomic E-state index is -0.541. The summed E-state index contributed by atoms with van der Waals surface area (Å²) in [6, 6.07) is -0.347. The van der Waals surface area contributed by atoms with Crippen molar-refractivity contribution in [2.24, 2.45) is 16.6 Å². The van der Waals surface area contributed by atoms with E-state index in [0.29, 0.717) is 0 Å². The Morgan fingerprint density at radius 1 is 1.33 bits per heavy atom. The van der Waals surface area contributed by atoms with Crippen LogP contribution in [0.15, 0.2) is 4.99 Å². The van der Waals surface area contributed by atoms with Crippen LogP contribution in [0.25, 0.3) is 0 Å². The predicted octanol–water partition coefficient (Wildman–Crippen LogP) is 0.497. The van der Waals surface area contributed by atoms with Crippen molar-refractivity contribution in [1.29, 1.82) is 0 Å². The van der Waals surface area contributed by atoms with Gasteiger partial charge < -0.3 is 15.8 Å². The highest BCUT2D eigenvalue weighted by molar-refractivity contribution is 5.83. The molecule has 0 rings (SSSR count). The van der Waals surface area contributed by atoms with Crippen molar-refractivity contribution in [3.8, 4) is 0 Å². The van der Waals surface area contributed by atoms with Crippen LogP contribution in [-0.4, -0.2) is 31.1 Å². The average Bonchev–Trinajstić information content (AvgIpc) is 2.11. The van der Waals surface area contributed by atoms with Crippen LogP contribution < -0.4 is 11.1 Å². The summed E-state index contributed by atoms with van der Waals surface area (Å²) in [5.41, 5.74) is 5.64. The second kappa shape index (κ2) is 6.27. The monoisotopic (exact) mass is 215 g/mol. The molecule has 0 amide bonds. The summed E-state index contributed by atoms with van der Waals surface area (Å²) in [4.78, 5) is 15.5. The van der Waals surface area contributed by atoms with Gasteiger partial charge in [0.15, 0.2) is 12.0 Å². The van der Waals surface area contributed by atoms with Gasteiger partial charge in [-0.25, -0.2) is 9.79 Å². The van der Waals surface area contributed by atoms with E-state index in [2.05, 4.69) is 15.0 Å². The van der Waals surface area contributed by atoms with Crippen LogP contribution in [0.4, 0.5) is 0 Å². The minimum absolute atomic E-state index is 0.0602. The molecule has 15 heavy (non-hydrogen) atoms. The van der Waals surface area contributed by atoms with Crippen LogP contribution >= 0.6 is 0 Å². The largest absolute Gasteiger partial charge is 0.467 e. The molecule has 0 heterocycles. The number of methoxy groups -OCH3 is 1. The third kappa shape index (κ3) is 5.24. The fourth-order valence-corrected chi connectivity index (χ4v) is 1.08.